The van der Waals surface area contributed by atoms with E-state index in [2.05, 4.69) is 30.9 Å². The Hall–Kier alpha value is 0.310. The molecule has 2 aliphatic rings. The molecule has 4 atom stereocenters. The van der Waals surface area contributed by atoms with Crippen LogP contribution in [0.2, 0.25) is 0 Å². The van der Waals surface area contributed by atoms with Gasteiger partial charge < -0.3 is 5.32 Å². The fraction of sp³-hybridized carbons (Fsp3) is 1.00. The highest BCUT2D eigenvalue weighted by molar-refractivity contribution is 8.00. The molecule has 1 nitrogen and oxygen atoms in total. The Labute approximate surface area is 112 Å². The highest BCUT2D eigenvalue weighted by Crippen LogP contribution is 2.38. The summed E-state index contributed by atoms with van der Waals surface area (Å²) < 4.78 is 0. The molecule has 2 rings (SSSR count). The van der Waals surface area contributed by atoms with Crippen LogP contribution in [0, 0.1) is 11.8 Å². The molecule has 1 aliphatic carbocycles. The second-order valence-electron chi connectivity index (χ2n) is 6.06. The van der Waals surface area contributed by atoms with Crippen LogP contribution in [0.3, 0.4) is 0 Å². The number of nitrogens with one attached hydrogen (secondary N) is 1. The lowest BCUT2D eigenvalue weighted by Crippen LogP contribution is -2.45. The molecule has 1 N–H and O–H groups in total. The molecule has 1 saturated heterocycles. The van der Waals surface area contributed by atoms with E-state index in [1.54, 1.807) is 0 Å². The summed E-state index contributed by atoms with van der Waals surface area (Å²) in [7, 11) is 0. The van der Waals surface area contributed by atoms with Crippen molar-refractivity contribution in [2.45, 2.75) is 70.1 Å². The minimum Gasteiger partial charge on any atom is -0.313 e. The molecule has 100 valence electrons. The molecule has 0 bridgehead atoms. The van der Waals surface area contributed by atoms with Crippen LogP contribution in [0.4, 0.5) is 0 Å². The number of thioether (sulfide) groups is 1. The summed E-state index contributed by atoms with van der Waals surface area (Å²) in [5.41, 5.74) is 0. The molecule has 1 aliphatic heterocycles. The summed E-state index contributed by atoms with van der Waals surface area (Å²) in [6, 6.07) is 0.810. The van der Waals surface area contributed by atoms with E-state index in [1.807, 2.05) is 0 Å². The van der Waals surface area contributed by atoms with Crippen LogP contribution < -0.4 is 5.32 Å². The zero-order valence-electron chi connectivity index (χ0n) is 11.6. The standard InChI is InChI=1S/C15H29NS/c1-3-9-16-15(14-8-5-10-17-14)13-7-4-6-12(2)11-13/h12-16H,3-11H2,1-2H3. The van der Waals surface area contributed by atoms with Gasteiger partial charge in [-0.2, -0.15) is 11.8 Å². The predicted molar refractivity (Wildman–Crippen MR) is 78.7 cm³/mol. The minimum atomic E-state index is 0.810. The molecule has 2 heteroatoms. The molecule has 0 amide bonds. The van der Waals surface area contributed by atoms with Gasteiger partial charge >= 0.3 is 0 Å². The number of hydrogen-bond acceptors (Lipinski definition) is 2. The molecular formula is C15H29NS. The van der Waals surface area contributed by atoms with Crippen molar-refractivity contribution in [2.75, 3.05) is 12.3 Å². The molecule has 0 aromatic rings. The Kier molecular flexibility index (Phi) is 5.68. The van der Waals surface area contributed by atoms with Crippen LogP contribution in [0.25, 0.3) is 0 Å². The van der Waals surface area contributed by atoms with E-state index in [9.17, 15) is 0 Å². The van der Waals surface area contributed by atoms with Gasteiger partial charge in [0.25, 0.3) is 0 Å². The summed E-state index contributed by atoms with van der Waals surface area (Å²) in [5, 5.41) is 4.79. The second kappa shape index (κ2) is 7.04. The first-order valence-electron chi connectivity index (χ1n) is 7.66. The molecule has 2 fully saturated rings. The lowest BCUT2D eigenvalue weighted by Gasteiger charge is -2.37. The van der Waals surface area contributed by atoms with Gasteiger partial charge in [-0.25, -0.2) is 0 Å². The van der Waals surface area contributed by atoms with E-state index in [-0.39, 0.29) is 0 Å². The fourth-order valence-electron chi connectivity index (χ4n) is 3.61. The minimum absolute atomic E-state index is 0.810. The topological polar surface area (TPSA) is 12.0 Å². The van der Waals surface area contributed by atoms with Crippen molar-refractivity contribution in [3.63, 3.8) is 0 Å². The highest BCUT2D eigenvalue weighted by atomic mass is 32.2. The maximum absolute atomic E-state index is 3.88. The second-order valence-corrected chi connectivity index (χ2v) is 7.41. The molecule has 1 saturated carbocycles. The molecule has 0 radical (unpaired) electrons. The third-order valence-corrected chi connectivity index (χ3v) is 5.96. The predicted octanol–water partition coefficient (Wildman–Crippen LogP) is 4.08. The quantitative estimate of drug-likeness (QED) is 0.794. The van der Waals surface area contributed by atoms with Crippen LogP contribution in [0.5, 0.6) is 0 Å². The lowest BCUT2D eigenvalue weighted by molar-refractivity contribution is 0.218. The summed E-state index contributed by atoms with van der Waals surface area (Å²) >= 11 is 2.23. The molecular weight excluding hydrogens is 226 g/mol. The van der Waals surface area contributed by atoms with Crippen molar-refractivity contribution in [3.8, 4) is 0 Å². The van der Waals surface area contributed by atoms with Crippen LogP contribution in [-0.2, 0) is 0 Å². The van der Waals surface area contributed by atoms with E-state index >= 15 is 0 Å². The van der Waals surface area contributed by atoms with Gasteiger partial charge in [0, 0.05) is 11.3 Å². The van der Waals surface area contributed by atoms with E-state index in [0.29, 0.717) is 0 Å². The van der Waals surface area contributed by atoms with Gasteiger partial charge in [-0.1, -0.05) is 26.7 Å². The molecule has 0 spiro atoms. The van der Waals surface area contributed by atoms with Crippen molar-refractivity contribution >= 4 is 11.8 Å². The van der Waals surface area contributed by atoms with E-state index in [4.69, 9.17) is 0 Å². The zero-order chi connectivity index (χ0) is 12.1. The first-order chi connectivity index (χ1) is 8.31. The maximum Gasteiger partial charge on any atom is 0.0214 e. The van der Waals surface area contributed by atoms with Crippen LogP contribution in [0.15, 0.2) is 0 Å². The van der Waals surface area contributed by atoms with E-state index in [0.717, 1.165) is 23.1 Å². The van der Waals surface area contributed by atoms with Crippen molar-refractivity contribution < 1.29 is 0 Å². The van der Waals surface area contributed by atoms with E-state index < -0.39 is 0 Å². The Balaban J connectivity index is 1.92. The van der Waals surface area contributed by atoms with Gasteiger partial charge in [-0.3, -0.25) is 0 Å². The molecule has 0 aromatic carbocycles. The van der Waals surface area contributed by atoms with Crippen molar-refractivity contribution in [3.05, 3.63) is 0 Å². The fourth-order valence-corrected chi connectivity index (χ4v) is 5.10. The first kappa shape index (κ1) is 13.7. The average Bonchev–Trinajstić information content (AvgIpc) is 2.83. The summed E-state index contributed by atoms with van der Waals surface area (Å²) in [5.74, 6) is 3.32. The third kappa shape index (κ3) is 3.89. The Morgan fingerprint density at radius 1 is 1.24 bits per heavy atom. The van der Waals surface area contributed by atoms with Crippen LogP contribution >= 0.6 is 11.8 Å². The van der Waals surface area contributed by atoms with Gasteiger partial charge in [0.2, 0.25) is 0 Å². The van der Waals surface area contributed by atoms with Crippen molar-refractivity contribution in [1.29, 1.82) is 0 Å². The summed E-state index contributed by atoms with van der Waals surface area (Å²) in [6.07, 6.45) is 10.1. The maximum atomic E-state index is 3.88. The molecule has 0 aromatic heterocycles. The van der Waals surface area contributed by atoms with Gasteiger partial charge in [-0.05, 0) is 56.2 Å². The normalized spacial score (nSPS) is 36.0. The van der Waals surface area contributed by atoms with Crippen LogP contribution in [-0.4, -0.2) is 23.6 Å². The highest BCUT2D eigenvalue weighted by Gasteiger charge is 2.33. The Bertz CT molecular complexity index is 213. The molecule has 4 unspecified atom stereocenters. The van der Waals surface area contributed by atoms with Gasteiger partial charge in [0.05, 0.1) is 0 Å². The van der Waals surface area contributed by atoms with Crippen molar-refractivity contribution in [1.82, 2.24) is 5.32 Å². The largest absolute Gasteiger partial charge is 0.313 e. The SMILES string of the molecule is CCCNC(C1CCCC(C)C1)C1CCCS1. The molecule has 17 heavy (non-hydrogen) atoms. The molecule has 1 heterocycles. The summed E-state index contributed by atoms with van der Waals surface area (Å²) in [6.45, 7) is 5.95. The Morgan fingerprint density at radius 2 is 2.12 bits per heavy atom. The van der Waals surface area contributed by atoms with Crippen LogP contribution in [0.1, 0.15) is 58.8 Å². The van der Waals surface area contributed by atoms with Crippen molar-refractivity contribution in [2.24, 2.45) is 11.8 Å². The number of rotatable bonds is 5. The lowest BCUT2D eigenvalue weighted by atomic mass is 9.77. The van der Waals surface area contributed by atoms with Gasteiger partial charge in [0.1, 0.15) is 0 Å². The Morgan fingerprint density at radius 3 is 2.76 bits per heavy atom. The average molecular weight is 255 g/mol. The van der Waals surface area contributed by atoms with Gasteiger partial charge in [0.15, 0.2) is 0 Å². The monoisotopic (exact) mass is 255 g/mol. The number of hydrogen-bond donors (Lipinski definition) is 1. The van der Waals surface area contributed by atoms with Gasteiger partial charge in [-0.15, -0.1) is 0 Å². The third-order valence-electron chi connectivity index (χ3n) is 4.48. The van der Waals surface area contributed by atoms with E-state index in [1.165, 1.54) is 57.2 Å². The summed E-state index contributed by atoms with van der Waals surface area (Å²) in [4.78, 5) is 0. The first-order valence-corrected chi connectivity index (χ1v) is 8.71. The zero-order valence-corrected chi connectivity index (χ0v) is 12.4. The smallest absolute Gasteiger partial charge is 0.0214 e.